The van der Waals surface area contributed by atoms with E-state index in [1.807, 2.05) is 58.6 Å². The molecular weight excluding hydrogens is 494 g/mol. The molecule has 0 saturated heterocycles. The van der Waals surface area contributed by atoms with Crippen molar-refractivity contribution in [1.82, 2.24) is 10.3 Å². The van der Waals surface area contributed by atoms with E-state index in [0.717, 1.165) is 51.7 Å². The molecule has 0 radical (unpaired) electrons. The molecule has 2 aromatic rings. The number of nitrogens with one attached hydrogen (secondary N) is 2. The molecule has 2 aliphatic carbocycles. The van der Waals surface area contributed by atoms with Gasteiger partial charge < -0.3 is 14.8 Å². The third-order valence-electron chi connectivity index (χ3n) is 5.98. The molecule has 1 aromatic carbocycles. The number of carbonyl (C=O) groups excluding carboxylic acids is 2. The van der Waals surface area contributed by atoms with Crippen molar-refractivity contribution in [2.45, 2.75) is 107 Å². The van der Waals surface area contributed by atoms with Crippen molar-refractivity contribution in [1.29, 1.82) is 0 Å². The fraction of sp³-hybridized carbons (Fsp3) is 0.593. The minimum atomic E-state index is -0.540. The quantitative estimate of drug-likeness (QED) is 0.383. The maximum absolute atomic E-state index is 12.3. The van der Waals surface area contributed by atoms with Crippen molar-refractivity contribution in [2.75, 3.05) is 5.32 Å². The molecule has 196 valence electrons. The largest absolute Gasteiger partial charge is 0.447 e. The summed E-state index contributed by atoms with van der Waals surface area (Å²) in [7, 11) is 0. The van der Waals surface area contributed by atoms with Gasteiger partial charge in [0.25, 0.3) is 0 Å². The molecule has 1 heterocycles. The van der Waals surface area contributed by atoms with Crippen LogP contribution in [0.1, 0.15) is 84.1 Å². The third-order valence-corrected chi connectivity index (χ3v) is 8.56. The number of hydrogen-bond donors (Lipinski definition) is 2. The summed E-state index contributed by atoms with van der Waals surface area (Å²) >= 11 is 3.63. The molecular formula is C27H37N3O4S2. The molecule has 36 heavy (non-hydrogen) atoms. The van der Waals surface area contributed by atoms with Gasteiger partial charge in [0.2, 0.25) is 0 Å². The summed E-state index contributed by atoms with van der Waals surface area (Å²) in [6, 6.07) is 6.23. The predicted octanol–water partition coefficient (Wildman–Crippen LogP) is 7.57. The van der Waals surface area contributed by atoms with E-state index in [9.17, 15) is 9.59 Å². The first-order valence-electron chi connectivity index (χ1n) is 12.8. The monoisotopic (exact) mass is 531 g/mol. The van der Waals surface area contributed by atoms with Gasteiger partial charge in [-0.3, -0.25) is 5.32 Å². The van der Waals surface area contributed by atoms with Crippen LogP contribution >= 0.6 is 23.1 Å². The van der Waals surface area contributed by atoms with Crippen LogP contribution in [0, 0.1) is 0 Å². The Hall–Kier alpha value is -2.26. The number of carbonyl (C=O) groups is 2. The van der Waals surface area contributed by atoms with Gasteiger partial charge in [0.1, 0.15) is 5.60 Å². The van der Waals surface area contributed by atoms with E-state index in [0.29, 0.717) is 11.2 Å². The SMILES string of the molecule is CC(C)OC(=O)NC1CCC(c2ncc(-c3ccc(NC(=O)OC(C)(C)C)cc3SC3CC3)s2)CC1. The molecule has 2 aliphatic rings. The number of hydrogen-bond acceptors (Lipinski definition) is 7. The smallest absolute Gasteiger partial charge is 0.412 e. The molecule has 1 aromatic heterocycles. The van der Waals surface area contributed by atoms with Crippen LogP contribution in [-0.2, 0) is 9.47 Å². The number of nitrogens with zero attached hydrogens (tertiary/aromatic N) is 1. The first kappa shape index (κ1) is 26.8. The van der Waals surface area contributed by atoms with Crippen LogP contribution in [0.2, 0.25) is 0 Å². The summed E-state index contributed by atoms with van der Waals surface area (Å²) in [4.78, 5) is 31.3. The lowest BCUT2D eigenvalue weighted by Gasteiger charge is -2.28. The van der Waals surface area contributed by atoms with Gasteiger partial charge in [0.15, 0.2) is 0 Å². The van der Waals surface area contributed by atoms with E-state index in [1.165, 1.54) is 12.8 Å². The summed E-state index contributed by atoms with van der Waals surface area (Å²) in [5.74, 6) is 0.413. The van der Waals surface area contributed by atoms with Crippen LogP contribution in [-0.4, -0.2) is 40.2 Å². The van der Waals surface area contributed by atoms with Crippen LogP contribution in [0.3, 0.4) is 0 Å². The van der Waals surface area contributed by atoms with Crippen LogP contribution < -0.4 is 10.6 Å². The highest BCUT2D eigenvalue weighted by Gasteiger charge is 2.28. The average molecular weight is 532 g/mol. The standard InChI is InChI=1S/C27H37N3O4S2/c1-16(2)33-25(31)29-18-8-6-17(7-9-18)24-28-15-23(36-24)21-13-10-19(14-22(21)35-20-11-12-20)30-26(32)34-27(3,4)5/h10,13-18,20H,6-9,11-12H2,1-5H3,(H,29,31)(H,30,32). The highest BCUT2D eigenvalue weighted by Crippen LogP contribution is 2.46. The number of thioether (sulfide) groups is 1. The first-order valence-corrected chi connectivity index (χ1v) is 14.5. The van der Waals surface area contributed by atoms with Gasteiger partial charge in [-0.1, -0.05) is 6.07 Å². The van der Waals surface area contributed by atoms with Crippen molar-refractivity contribution in [3.05, 3.63) is 29.4 Å². The lowest BCUT2D eigenvalue weighted by molar-refractivity contribution is 0.0635. The maximum atomic E-state index is 12.3. The zero-order valence-electron chi connectivity index (χ0n) is 21.8. The van der Waals surface area contributed by atoms with Crippen LogP contribution in [0.4, 0.5) is 15.3 Å². The topological polar surface area (TPSA) is 89.5 Å². The summed E-state index contributed by atoms with van der Waals surface area (Å²) in [5.41, 5.74) is 1.36. The maximum Gasteiger partial charge on any atom is 0.412 e. The Kier molecular flexibility index (Phi) is 8.50. The van der Waals surface area contributed by atoms with E-state index in [2.05, 4.69) is 22.8 Å². The van der Waals surface area contributed by atoms with Gasteiger partial charge >= 0.3 is 12.2 Å². The van der Waals surface area contributed by atoms with Gasteiger partial charge in [0, 0.05) is 39.6 Å². The molecule has 9 heteroatoms. The van der Waals surface area contributed by atoms with Gasteiger partial charge in [-0.2, -0.15) is 0 Å². The Bertz CT molecular complexity index is 1070. The Morgan fingerprint density at radius 2 is 1.81 bits per heavy atom. The normalized spacial score (nSPS) is 20.2. The Balaban J connectivity index is 1.41. The van der Waals surface area contributed by atoms with Gasteiger partial charge in [-0.05, 0) is 85.3 Å². The first-order chi connectivity index (χ1) is 17.1. The number of anilines is 1. The van der Waals surface area contributed by atoms with E-state index >= 15 is 0 Å². The minimum Gasteiger partial charge on any atom is -0.447 e. The number of thiazole rings is 1. The number of alkyl carbamates (subject to hydrolysis) is 1. The number of aromatic nitrogens is 1. The highest BCUT2D eigenvalue weighted by atomic mass is 32.2. The van der Waals surface area contributed by atoms with Crippen molar-refractivity contribution in [3.8, 4) is 10.4 Å². The second-order valence-corrected chi connectivity index (χ2v) is 13.3. The molecule has 0 atom stereocenters. The Morgan fingerprint density at radius 1 is 1.08 bits per heavy atom. The molecule has 2 fully saturated rings. The molecule has 0 spiro atoms. The zero-order valence-corrected chi connectivity index (χ0v) is 23.4. The predicted molar refractivity (Wildman–Crippen MR) is 146 cm³/mol. The summed E-state index contributed by atoms with van der Waals surface area (Å²) < 4.78 is 10.6. The van der Waals surface area contributed by atoms with E-state index in [-0.39, 0.29) is 18.2 Å². The average Bonchev–Trinajstić information content (AvgIpc) is 3.45. The van der Waals surface area contributed by atoms with Crippen molar-refractivity contribution >= 4 is 41.0 Å². The lowest BCUT2D eigenvalue weighted by Crippen LogP contribution is -2.38. The second kappa shape index (κ2) is 11.4. The molecule has 0 aliphatic heterocycles. The highest BCUT2D eigenvalue weighted by molar-refractivity contribution is 8.00. The number of amides is 2. The van der Waals surface area contributed by atoms with Gasteiger partial charge in [-0.25, -0.2) is 14.6 Å². The molecule has 7 nitrogen and oxygen atoms in total. The second-order valence-electron chi connectivity index (χ2n) is 10.9. The number of rotatable bonds is 7. The number of benzene rings is 1. The van der Waals surface area contributed by atoms with Gasteiger partial charge in [0.05, 0.1) is 16.0 Å². The van der Waals surface area contributed by atoms with Crippen molar-refractivity contribution in [2.24, 2.45) is 0 Å². The molecule has 2 N–H and O–H groups in total. The summed E-state index contributed by atoms with van der Waals surface area (Å²) in [5, 5.41) is 7.66. The Morgan fingerprint density at radius 3 is 2.44 bits per heavy atom. The van der Waals surface area contributed by atoms with E-state index in [4.69, 9.17) is 14.5 Å². The van der Waals surface area contributed by atoms with Crippen molar-refractivity contribution < 1.29 is 19.1 Å². The van der Waals surface area contributed by atoms with Gasteiger partial charge in [-0.15, -0.1) is 23.1 Å². The fourth-order valence-corrected chi connectivity index (χ4v) is 6.61. The number of ether oxygens (including phenoxy) is 2. The van der Waals surface area contributed by atoms with Crippen LogP contribution in [0.25, 0.3) is 10.4 Å². The molecule has 0 bridgehead atoms. The van der Waals surface area contributed by atoms with E-state index in [1.54, 1.807) is 11.3 Å². The molecule has 2 saturated carbocycles. The minimum absolute atomic E-state index is 0.111. The fourth-order valence-electron chi connectivity index (χ4n) is 4.19. The van der Waals surface area contributed by atoms with Crippen molar-refractivity contribution in [3.63, 3.8) is 0 Å². The van der Waals surface area contributed by atoms with E-state index < -0.39 is 11.7 Å². The molecule has 2 amide bonds. The molecule has 0 unspecified atom stereocenters. The Labute approximate surface area is 222 Å². The summed E-state index contributed by atoms with van der Waals surface area (Å²) in [6.07, 6.45) is 7.42. The molecule has 4 rings (SSSR count). The summed E-state index contributed by atoms with van der Waals surface area (Å²) in [6.45, 7) is 9.28. The third kappa shape index (κ3) is 7.87. The lowest BCUT2D eigenvalue weighted by atomic mass is 9.86. The van der Waals surface area contributed by atoms with Crippen LogP contribution in [0.15, 0.2) is 29.3 Å². The zero-order chi connectivity index (χ0) is 25.9. The van der Waals surface area contributed by atoms with Crippen LogP contribution in [0.5, 0.6) is 0 Å².